The summed E-state index contributed by atoms with van der Waals surface area (Å²) < 4.78 is 7.48. The van der Waals surface area contributed by atoms with E-state index in [4.69, 9.17) is 4.74 Å². The van der Waals surface area contributed by atoms with Crippen LogP contribution < -0.4 is 10.1 Å². The summed E-state index contributed by atoms with van der Waals surface area (Å²) in [4.78, 5) is 0. The van der Waals surface area contributed by atoms with Crippen molar-refractivity contribution in [1.82, 2.24) is 15.1 Å². The molecule has 0 spiro atoms. The fourth-order valence-electron chi connectivity index (χ4n) is 2.63. The quantitative estimate of drug-likeness (QED) is 0.868. The Kier molecular flexibility index (Phi) is 6.32. The van der Waals surface area contributed by atoms with Gasteiger partial charge in [-0.2, -0.15) is 28.6 Å². The molecule has 1 saturated heterocycles. The first kappa shape index (κ1) is 17.0. The minimum atomic E-state index is 0.292. The number of hydrogen-bond donors (Lipinski definition) is 1. The van der Waals surface area contributed by atoms with Gasteiger partial charge in [-0.1, -0.05) is 20.8 Å². The van der Waals surface area contributed by atoms with Crippen molar-refractivity contribution in [3.05, 3.63) is 11.9 Å². The molecule has 0 bridgehead atoms. The Labute approximate surface area is 136 Å². The number of hydrogen-bond acceptors (Lipinski definition) is 5. The smallest absolute Gasteiger partial charge is 0.161 e. The number of nitrogens with one attached hydrogen (secondary N) is 1. The van der Waals surface area contributed by atoms with Crippen molar-refractivity contribution >= 4 is 23.5 Å². The fraction of sp³-hybridized carbons (Fsp3) is 0.800. The van der Waals surface area contributed by atoms with E-state index in [1.807, 2.05) is 17.9 Å². The van der Waals surface area contributed by atoms with Crippen molar-refractivity contribution in [3.63, 3.8) is 0 Å². The van der Waals surface area contributed by atoms with Crippen LogP contribution in [0, 0.1) is 0 Å². The Balaban J connectivity index is 2.23. The average Bonchev–Trinajstić information content (AvgIpc) is 2.84. The molecule has 21 heavy (non-hydrogen) atoms. The average molecular weight is 330 g/mol. The highest BCUT2D eigenvalue weighted by Crippen LogP contribution is 2.42. The van der Waals surface area contributed by atoms with Crippen molar-refractivity contribution in [2.75, 3.05) is 19.4 Å². The van der Waals surface area contributed by atoms with Crippen molar-refractivity contribution in [1.29, 1.82) is 0 Å². The lowest BCUT2D eigenvalue weighted by molar-refractivity contribution is 0.392. The molecule has 0 aliphatic carbocycles. The lowest BCUT2D eigenvalue weighted by Crippen LogP contribution is -2.38. The summed E-state index contributed by atoms with van der Waals surface area (Å²) in [6.45, 7) is 7.90. The minimum Gasteiger partial charge on any atom is -0.493 e. The van der Waals surface area contributed by atoms with Crippen LogP contribution in [-0.2, 0) is 7.05 Å². The highest BCUT2D eigenvalue weighted by atomic mass is 32.2. The Morgan fingerprint density at radius 2 is 2.24 bits per heavy atom. The lowest BCUT2D eigenvalue weighted by atomic mass is 10.1. The van der Waals surface area contributed by atoms with Gasteiger partial charge in [-0.25, -0.2) is 0 Å². The third kappa shape index (κ3) is 3.90. The van der Waals surface area contributed by atoms with Crippen molar-refractivity contribution < 1.29 is 4.74 Å². The van der Waals surface area contributed by atoms with Gasteiger partial charge >= 0.3 is 0 Å². The Hall–Kier alpha value is -0.330. The zero-order valence-corrected chi connectivity index (χ0v) is 15.3. The molecule has 120 valence electrons. The second-order valence-electron chi connectivity index (χ2n) is 5.57. The van der Waals surface area contributed by atoms with Gasteiger partial charge in [0.15, 0.2) is 5.75 Å². The molecule has 2 heterocycles. The highest BCUT2D eigenvalue weighted by Gasteiger charge is 2.34. The summed E-state index contributed by atoms with van der Waals surface area (Å²) in [6.07, 6.45) is 2.95. The second-order valence-corrected chi connectivity index (χ2v) is 8.60. The summed E-state index contributed by atoms with van der Waals surface area (Å²) in [5, 5.41) is 10.1. The molecule has 1 aliphatic rings. The molecule has 1 aliphatic heterocycles. The van der Waals surface area contributed by atoms with E-state index in [1.165, 1.54) is 11.4 Å². The predicted molar refractivity (Wildman–Crippen MR) is 93.6 cm³/mol. The topological polar surface area (TPSA) is 39.1 Å². The van der Waals surface area contributed by atoms with Gasteiger partial charge in [0.1, 0.15) is 0 Å². The molecule has 1 aromatic heterocycles. The van der Waals surface area contributed by atoms with Gasteiger partial charge in [0.2, 0.25) is 0 Å². The molecular formula is C15H27N3OS2. The third-order valence-corrected chi connectivity index (χ3v) is 7.52. The largest absolute Gasteiger partial charge is 0.493 e. The second kappa shape index (κ2) is 7.79. The molecule has 1 aromatic rings. The van der Waals surface area contributed by atoms with E-state index in [1.54, 1.807) is 7.11 Å². The van der Waals surface area contributed by atoms with Crippen LogP contribution in [0.2, 0.25) is 0 Å². The number of methoxy groups -OCH3 is 1. The number of rotatable bonds is 6. The number of nitrogens with zero attached hydrogens (tertiary/aromatic N) is 2. The van der Waals surface area contributed by atoms with Gasteiger partial charge in [0, 0.05) is 28.6 Å². The van der Waals surface area contributed by atoms with Crippen LogP contribution in [-0.4, -0.2) is 44.9 Å². The van der Waals surface area contributed by atoms with Gasteiger partial charge in [0.05, 0.1) is 25.0 Å². The van der Waals surface area contributed by atoms with Gasteiger partial charge in [-0.05, 0) is 13.0 Å². The van der Waals surface area contributed by atoms with Crippen molar-refractivity contribution in [3.8, 4) is 5.75 Å². The Morgan fingerprint density at radius 1 is 1.48 bits per heavy atom. The lowest BCUT2D eigenvalue weighted by Gasteiger charge is -2.36. The van der Waals surface area contributed by atoms with Gasteiger partial charge < -0.3 is 10.1 Å². The number of aromatic nitrogens is 2. The number of aryl methyl sites for hydroxylation is 1. The van der Waals surface area contributed by atoms with Crippen LogP contribution >= 0.6 is 23.5 Å². The molecule has 0 saturated carbocycles. The van der Waals surface area contributed by atoms with E-state index < -0.39 is 0 Å². The first-order valence-corrected chi connectivity index (χ1v) is 9.64. The first-order valence-electron chi connectivity index (χ1n) is 7.64. The molecule has 2 rings (SSSR count). The predicted octanol–water partition coefficient (Wildman–Crippen LogP) is 3.10. The van der Waals surface area contributed by atoms with Crippen LogP contribution in [0.15, 0.2) is 6.20 Å². The monoisotopic (exact) mass is 329 g/mol. The maximum absolute atomic E-state index is 5.53. The summed E-state index contributed by atoms with van der Waals surface area (Å²) >= 11 is 4.18. The van der Waals surface area contributed by atoms with E-state index in [2.05, 4.69) is 54.7 Å². The molecule has 0 aromatic carbocycles. The highest BCUT2D eigenvalue weighted by molar-refractivity contribution is 8.07. The molecule has 1 N–H and O–H groups in total. The molecule has 4 atom stereocenters. The number of ether oxygens (including phenoxy) is 1. The standard InChI is InChI=1S/C15H27N3OS2/c1-6-7-16-14(13-9-20-10(2)11(3)21-13)15-12(19-5)8-17-18(15)4/h8,10-11,13-14,16H,6-7,9H2,1-5H3. The molecule has 4 unspecified atom stereocenters. The van der Waals surface area contributed by atoms with Gasteiger partial charge in [-0.15, -0.1) is 0 Å². The molecule has 0 radical (unpaired) electrons. The fourth-order valence-corrected chi connectivity index (χ4v) is 5.72. The Morgan fingerprint density at radius 3 is 2.86 bits per heavy atom. The van der Waals surface area contributed by atoms with E-state index in [0.29, 0.717) is 16.5 Å². The van der Waals surface area contributed by atoms with E-state index in [9.17, 15) is 0 Å². The Bertz CT molecular complexity index is 452. The van der Waals surface area contributed by atoms with E-state index in [-0.39, 0.29) is 0 Å². The van der Waals surface area contributed by atoms with Crippen LogP contribution in [0.4, 0.5) is 0 Å². The van der Waals surface area contributed by atoms with Crippen LogP contribution in [0.3, 0.4) is 0 Å². The van der Waals surface area contributed by atoms with Gasteiger partial charge in [0.25, 0.3) is 0 Å². The maximum atomic E-state index is 5.53. The third-order valence-electron chi connectivity index (χ3n) is 4.02. The zero-order chi connectivity index (χ0) is 15.4. The molecular weight excluding hydrogens is 302 g/mol. The van der Waals surface area contributed by atoms with Crippen molar-refractivity contribution in [2.24, 2.45) is 7.05 Å². The number of thioether (sulfide) groups is 2. The van der Waals surface area contributed by atoms with E-state index in [0.717, 1.165) is 24.0 Å². The summed E-state index contributed by atoms with van der Waals surface area (Å²) in [5.41, 5.74) is 1.17. The first-order chi connectivity index (χ1) is 10.1. The molecule has 4 nitrogen and oxygen atoms in total. The van der Waals surface area contributed by atoms with E-state index >= 15 is 0 Å². The van der Waals surface area contributed by atoms with Crippen LogP contribution in [0.25, 0.3) is 0 Å². The summed E-state index contributed by atoms with van der Waals surface area (Å²) in [6, 6.07) is 0.292. The van der Waals surface area contributed by atoms with Crippen LogP contribution in [0.1, 0.15) is 38.9 Å². The molecule has 6 heteroatoms. The van der Waals surface area contributed by atoms with Gasteiger partial charge in [-0.3, -0.25) is 4.68 Å². The maximum Gasteiger partial charge on any atom is 0.161 e. The summed E-state index contributed by atoms with van der Waals surface area (Å²) in [5.74, 6) is 2.06. The summed E-state index contributed by atoms with van der Waals surface area (Å²) in [7, 11) is 3.73. The normalized spacial score (nSPS) is 27.6. The zero-order valence-electron chi connectivity index (χ0n) is 13.6. The van der Waals surface area contributed by atoms with Crippen molar-refractivity contribution in [2.45, 2.75) is 49.0 Å². The molecule has 0 amide bonds. The molecule has 1 fully saturated rings. The minimum absolute atomic E-state index is 0.292. The SMILES string of the molecule is CCCNC(c1c(OC)cnn1C)C1CSC(C)C(C)S1. The van der Waals surface area contributed by atoms with Crippen LogP contribution in [0.5, 0.6) is 5.75 Å².